The van der Waals surface area contributed by atoms with Crippen molar-refractivity contribution in [1.82, 2.24) is 0 Å². The summed E-state index contributed by atoms with van der Waals surface area (Å²) in [6.45, 7) is 0.804. The van der Waals surface area contributed by atoms with Crippen LogP contribution in [0.2, 0.25) is 0 Å². The summed E-state index contributed by atoms with van der Waals surface area (Å²) < 4.78 is 44.2. The van der Waals surface area contributed by atoms with E-state index in [1.165, 1.54) is 11.3 Å². The van der Waals surface area contributed by atoms with E-state index >= 15 is 0 Å². The summed E-state index contributed by atoms with van der Waals surface area (Å²) in [5.41, 5.74) is -1.58. The summed E-state index contributed by atoms with van der Waals surface area (Å²) in [7, 11) is 0. The molecule has 27 heavy (non-hydrogen) atoms. The van der Waals surface area contributed by atoms with Gasteiger partial charge in [-0.25, -0.2) is 0 Å². The highest BCUT2D eigenvalue weighted by atomic mass is 32.1. The predicted octanol–water partition coefficient (Wildman–Crippen LogP) is 4.00. The van der Waals surface area contributed by atoms with Gasteiger partial charge in [0.25, 0.3) is 5.69 Å². The number of aliphatic hydroxyl groups excluding tert-OH is 1. The van der Waals surface area contributed by atoms with Crippen molar-refractivity contribution in [1.29, 1.82) is 0 Å². The number of nitro groups is 1. The molecule has 2 unspecified atom stereocenters. The Morgan fingerprint density at radius 1 is 1.41 bits per heavy atom. The molecule has 0 saturated carbocycles. The summed E-state index contributed by atoms with van der Waals surface area (Å²) >= 11 is 1.39. The molecule has 1 aliphatic heterocycles. The topological polar surface area (TPSA) is 75.8 Å². The Morgan fingerprint density at radius 2 is 2.19 bits per heavy atom. The van der Waals surface area contributed by atoms with Crippen LogP contribution < -0.4 is 4.90 Å². The third-order valence-electron chi connectivity index (χ3n) is 4.40. The van der Waals surface area contributed by atoms with E-state index in [1.807, 2.05) is 5.38 Å². The first-order chi connectivity index (χ1) is 12.8. The van der Waals surface area contributed by atoms with Gasteiger partial charge in [0.2, 0.25) is 0 Å². The third kappa shape index (κ3) is 4.40. The number of benzene rings is 1. The molecule has 0 spiro atoms. The first-order valence-corrected chi connectivity index (χ1v) is 9.07. The second-order valence-corrected chi connectivity index (χ2v) is 7.13. The third-order valence-corrected chi connectivity index (χ3v) is 5.38. The van der Waals surface area contributed by atoms with Gasteiger partial charge in [-0.1, -0.05) is 6.07 Å². The van der Waals surface area contributed by atoms with Crippen LogP contribution in [-0.4, -0.2) is 35.8 Å². The van der Waals surface area contributed by atoms with E-state index in [0.717, 1.165) is 17.0 Å². The SMILES string of the molecule is O=[N+]([O-])c1cc(C(F)(F)F)ccc1N1CCOCC1CC(O)c1cccs1. The quantitative estimate of drug-likeness (QED) is 0.604. The maximum Gasteiger partial charge on any atom is 0.416 e. The molecule has 2 atom stereocenters. The molecule has 1 aliphatic rings. The van der Waals surface area contributed by atoms with E-state index in [4.69, 9.17) is 4.74 Å². The molecule has 10 heteroatoms. The van der Waals surface area contributed by atoms with Gasteiger partial charge in [-0.3, -0.25) is 10.1 Å². The summed E-state index contributed by atoms with van der Waals surface area (Å²) in [6.07, 6.45) is -5.20. The zero-order valence-electron chi connectivity index (χ0n) is 14.1. The number of halogens is 3. The van der Waals surface area contributed by atoms with Gasteiger partial charge < -0.3 is 14.7 Å². The number of ether oxygens (including phenoxy) is 1. The largest absolute Gasteiger partial charge is 0.416 e. The Kier molecular flexibility index (Phi) is 5.68. The van der Waals surface area contributed by atoms with Crippen molar-refractivity contribution in [2.45, 2.75) is 24.7 Å². The molecule has 2 heterocycles. The van der Waals surface area contributed by atoms with Crippen LogP contribution in [0.15, 0.2) is 35.7 Å². The normalized spacial score (nSPS) is 19.1. The molecule has 146 valence electrons. The minimum absolute atomic E-state index is 0.0969. The number of hydrogen-bond donors (Lipinski definition) is 1. The van der Waals surface area contributed by atoms with Crippen LogP contribution in [0.3, 0.4) is 0 Å². The van der Waals surface area contributed by atoms with Crippen LogP contribution in [0.25, 0.3) is 0 Å². The molecule has 0 bridgehead atoms. The monoisotopic (exact) mass is 402 g/mol. The van der Waals surface area contributed by atoms with Gasteiger partial charge in [0, 0.05) is 23.9 Å². The van der Waals surface area contributed by atoms with Crippen molar-refractivity contribution in [3.63, 3.8) is 0 Å². The van der Waals surface area contributed by atoms with E-state index in [0.29, 0.717) is 12.7 Å². The fourth-order valence-corrected chi connectivity index (χ4v) is 3.84. The summed E-state index contributed by atoms with van der Waals surface area (Å²) in [5, 5.41) is 23.6. The molecule has 1 saturated heterocycles. The van der Waals surface area contributed by atoms with Gasteiger partial charge in [-0.05, 0) is 23.6 Å². The van der Waals surface area contributed by atoms with E-state index in [2.05, 4.69) is 0 Å². The maximum absolute atomic E-state index is 12.9. The van der Waals surface area contributed by atoms with Crippen LogP contribution in [0, 0.1) is 10.1 Å². The molecule has 1 aromatic heterocycles. The van der Waals surface area contributed by atoms with E-state index in [9.17, 15) is 28.4 Å². The Hall–Kier alpha value is -2.17. The molecule has 6 nitrogen and oxygen atoms in total. The van der Waals surface area contributed by atoms with Crippen molar-refractivity contribution >= 4 is 22.7 Å². The lowest BCUT2D eigenvalue weighted by Gasteiger charge is -2.38. The van der Waals surface area contributed by atoms with Crippen LogP contribution in [-0.2, 0) is 10.9 Å². The number of alkyl halides is 3. The number of morpholine rings is 1. The van der Waals surface area contributed by atoms with Crippen LogP contribution in [0.4, 0.5) is 24.5 Å². The van der Waals surface area contributed by atoms with E-state index in [-0.39, 0.29) is 25.3 Å². The zero-order valence-corrected chi connectivity index (χ0v) is 14.9. The molecule has 1 aromatic carbocycles. The number of hydrogen-bond acceptors (Lipinski definition) is 6. The molecule has 0 radical (unpaired) electrons. The van der Waals surface area contributed by atoms with Gasteiger partial charge in [0.1, 0.15) is 5.69 Å². The lowest BCUT2D eigenvalue weighted by Crippen LogP contribution is -2.46. The van der Waals surface area contributed by atoms with E-state index in [1.54, 1.807) is 17.0 Å². The molecule has 3 rings (SSSR count). The Morgan fingerprint density at radius 3 is 2.81 bits per heavy atom. The summed E-state index contributed by atoms with van der Waals surface area (Å²) in [5.74, 6) is 0. The Balaban J connectivity index is 1.91. The highest BCUT2D eigenvalue weighted by molar-refractivity contribution is 7.10. The zero-order chi connectivity index (χ0) is 19.6. The summed E-state index contributed by atoms with van der Waals surface area (Å²) in [4.78, 5) is 13.0. The molecular weight excluding hydrogens is 385 g/mol. The number of thiophene rings is 1. The second kappa shape index (κ2) is 7.83. The fourth-order valence-electron chi connectivity index (χ4n) is 3.11. The molecule has 1 N–H and O–H groups in total. The molecule has 1 fully saturated rings. The molecule has 2 aromatic rings. The van der Waals surface area contributed by atoms with Gasteiger partial charge >= 0.3 is 6.18 Å². The van der Waals surface area contributed by atoms with Crippen molar-refractivity contribution in [3.05, 3.63) is 56.3 Å². The number of rotatable bonds is 5. The molecule has 0 amide bonds. The summed E-state index contributed by atoms with van der Waals surface area (Å²) in [6, 6.07) is 5.70. The Labute approximate surface area is 156 Å². The first-order valence-electron chi connectivity index (χ1n) is 8.19. The van der Waals surface area contributed by atoms with Crippen LogP contribution in [0.1, 0.15) is 23.0 Å². The number of aliphatic hydroxyl groups is 1. The minimum Gasteiger partial charge on any atom is -0.387 e. The highest BCUT2D eigenvalue weighted by Gasteiger charge is 2.36. The Bertz CT molecular complexity index is 798. The number of anilines is 1. The highest BCUT2D eigenvalue weighted by Crippen LogP contribution is 2.38. The van der Waals surface area contributed by atoms with Crippen molar-refractivity contribution in [3.8, 4) is 0 Å². The number of nitrogens with zero attached hydrogens (tertiary/aromatic N) is 2. The minimum atomic E-state index is -4.66. The number of nitro benzene ring substituents is 1. The van der Waals surface area contributed by atoms with Crippen molar-refractivity contribution in [2.24, 2.45) is 0 Å². The maximum atomic E-state index is 12.9. The fraction of sp³-hybridized carbons (Fsp3) is 0.412. The second-order valence-electron chi connectivity index (χ2n) is 6.15. The van der Waals surface area contributed by atoms with Gasteiger partial charge in [0.15, 0.2) is 0 Å². The van der Waals surface area contributed by atoms with Gasteiger partial charge in [-0.2, -0.15) is 13.2 Å². The van der Waals surface area contributed by atoms with Crippen LogP contribution >= 0.6 is 11.3 Å². The molecular formula is C17H17F3N2O4S. The van der Waals surface area contributed by atoms with E-state index < -0.39 is 34.5 Å². The average molecular weight is 402 g/mol. The standard InChI is InChI=1S/C17H17F3N2O4S/c18-17(19,20)11-3-4-13(14(8-11)22(24)25)21-5-6-26-10-12(21)9-15(23)16-2-1-7-27-16/h1-4,7-8,12,15,23H,5-6,9-10H2. The lowest BCUT2D eigenvalue weighted by atomic mass is 10.0. The lowest BCUT2D eigenvalue weighted by molar-refractivity contribution is -0.384. The predicted molar refractivity (Wildman–Crippen MR) is 93.9 cm³/mol. The average Bonchev–Trinajstić information content (AvgIpc) is 3.15. The molecule has 0 aliphatic carbocycles. The van der Waals surface area contributed by atoms with Gasteiger partial charge in [0.05, 0.1) is 35.8 Å². The first kappa shape index (κ1) is 19.6. The van der Waals surface area contributed by atoms with Crippen molar-refractivity contribution < 1.29 is 27.9 Å². The van der Waals surface area contributed by atoms with Gasteiger partial charge in [-0.15, -0.1) is 11.3 Å². The van der Waals surface area contributed by atoms with Crippen LogP contribution in [0.5, 0.6) is 0 Å². The van der Waals surface area contributed by atoms with Crippen molar-refractivity contribution in [2.75, 3.05) is 24.7 Å². The smallest absolute Gasteiger partial charge is 0.387 e.